The van der Waals surface area contributed by atoms with Crippen LogP contribution in [0.4, 0.5) is 0 Å². The molecule has 0 unspecified atom stereocenters. The van der Waals surface area contributed by atoms with E-state index in [0.29, 0.717) is 0 Å². The standard InChI is InChI=1S/C4H5N3O/c1-3-2-5-7-4(8)6-3/h2H,1H3,(H,6,7,8)/p+1. The number of aromatic nitrogens is 3. The van der Waals surface area contributed by atoms with Gasteiger partial charge in [-0.3, -0.25) is 0 Å². The van der Waals surface area contributed by atoms with Gasteiger partial charge in [0.2, 0.25) is 0 Å². The van der Waals surface area contributed by atoms with Crippen molar-refractivity contribution in [1.82, 2.24) is 10.2 Å². The summed E-state index contributed by atoms with van der Waals surface area (Å²) < 4.78 is 0. The van der Waals surface area contributed by atoms with Crippen LogP contribution in [0.15, 0.2) is 11.0 Å². The molecule has 0 fully saturated rings. The minimum absolute atomic E-state index is 0.273. The van der Waals surface area contributed by atoms with Gasteiger partial charge in [0.1, 0.15) is 11.9 Å². The van der Waals surface area contributed by atoms with Crippen molar-refractivity contribution in [2.45, 2.75) is 6.92 Å². The fourth-order valence-electron chi connectivity index (χ4n) is 0.427. The van der Waals surface area contributed by atoms with Gasteiger partial charge >= 0.3 is 5.69 Å². The van der Waals surface area contributed by atoms with E-state index in [2.05, 4.69) is 15.2 Å². The second-order valence-corrected chi connectivity index (χ2v) is 1.51. The molecule has 0 aromatic carbocycles. The molecular formula is C4H6N3O+. The number of hydrogen-bond donors (Lipinski definition) is 1. The van der Waals surface area contributed by atoms with Crippen molar-refractivity contribution in [3.05, 3.63) is 22.4 Å². The first-order chi connectivity index (χ1) is 3.79. The van der Waals surface area contributed by atoms with Crippen LogP contribution in [0.3, 0.4) is 0 Å². The van der Waals surface area contributed by atoms with Crippen LogP contribution in [0, 0.1) is 6.92 Å². The average Bonchev–Trinajstić information content (AvgIpc) is 1.64. The number of aryl methyl sites for hydroxylation is 1. The van der Waals surface area contributed by atoms with Gasteiger partial charge in [0.15, 0.2) is 0 Å². The Kier molecular flexibility index (Phi) is 1.07. The van der Waals surface area contributed by atoms with Crippen LogP contribution in [0.2, 0.25) is 0 Å². The number of nitrogens with one attached hydrogen (secondary N) is 2. The predicted molar refractivity (Wildman–Crippen MR) is 26.2 cm³/mol. The first-order valence-corrected chi connectivity index (χ1v) is 2.22. The van der Waals surface area contributed by atoms with E-state index >= 15 is 0 Å². The Morgan fingerprint density at radius 3 is 3.00 bits per heavy atom. The zero-order valence-electron chi connectivity index (χ0n) is 4.43. The summed E-state index contributed by atoms with van der Waals surface area (Å²) in [6, 6.07) is 0. The van der Waals surface area contributed by atoms with Gasteiger partial charge in [-0.15, -0.1) is 5.10 Å². The molecule has 1 aromatic heterocycles. The van der Waals surface area contributed by atoms with E-state index in [-0.39, 0.29) is 5.69 Å². The van der Waals surface area contributed by atoms with E-state index < -0.39 is 0 Å². The highest BCUT2D eigenvalue weighted by molar-refractivity contribution is 4.75. The molecule has 0 aliphatic heterocycles. The molecule has 0 saturated heterocycles. The van der Waals surface area contributed by atoms with Crippen molar-refractivity contribution in [3.63, 3.8) is 0 Å². The van der Waals surface area contributed by atoms with E-state index in [1.54, 1.807) is 13.1 Å². The lowest BCUT2D eigenvalue weighted by atomic mass is 10.6. The first-order valence-electron chi connectivity index (χ1n) is 2.22. The Hall–Kier alpha value is -1.19. The Morgan fingerprint density at radius 1 is 1.88 bits per heavy atom. The van der Waals surface area contributed by atoms with Crippen LogP contribution >= 0.6 is 0 Å². The summed E-state index contributed by atoms with van der Waals surface area (Å²) >= 11 is 0. The van der Waals surface area contributed by atoms with Crippen LogP contribution in [0.25, 0.3) is 0 Å². The van der Waals surface area contributed by atoms with Gasteiger partial charge in [0.25, 0.3) is 0 Å². The highest BCUT2D eigenvalue weighted by atomic mass is 16.1. The van der Waals surface area contributed by atoms with Gasteiger partial charge in [-0.1, -0.05) is 5.10 Å². The molecule has 0 spiro atoms. The number of rotatable bonds is 0. The summed E-state index contributed by atoms with van der Waals surface area (Å²) in [7, 11) is 0. The highest BCUT2D eigenvalue weighted by Crippen LogP contribution is 1.68. The topological polar surface area (TPSA) is 59.9 Å². The molecule has 0 radical (unpaired) electrons. The largest absolute Gasteiger partial charge is 0.514 e. The van der Waals surface area contributed by atoms with E-state index in [9.17, 15) is 4.79 Å². The smallest absolute Gasteiger partial charge is 0.205 e. The van der Waals surface area contributed by atoms with Crippen molar-refractivity contribution < 1.29 is 4.98 Å². The van der Waals surface area contributed by atoms with E-state index in [4.69, 9.17) is 0 Å². The zero-order chi connectivity index (χ0) is 5.98. The average molecular weight is 112 g/mol. The molecule has 1 rings (SSSR count). The molecule has 0 saturated carbocycles. The van der Waals surface area contributed by atoms with Crippen molar-refractivity contribution in [1.29, 1.82) is 0 Å². The zero-order valence-corrected chi connectivity index (χ0v) is 4.43. The molecular weight excluding hydrogens is 106 g/mol. The fourth-order valence-corrected chi connectivity index (χ4v) is 0.427. The molecule has 0 amide bonds. The van der Waals surface area contributed by atoms with Gasteiger partial charge in [-0.25, -0.2) is 4.98 Å². The maximum absolute atomic E-state index is 10.3. The van der Waals surface area contributed by atoms with Crippen molar-refractivity contribution in [2.75, 3.05) is 0 Å². The van der Waals surface area contributed by atoms with Gasteiger partial charge in [-0.2, -0.15) is 4.79 Å². The Labute approximate surface area is 45.6 Å². The minimum atomic E-state index is -0.273. The van der Waals surface area contributed by atoms with Crippen molar-refractivity contribution in [3.8, 4) is 0 Å². The normalized spacial score (nSPS) is 9.12. The quantitative estimate of drug-likeness (QED) is 0.462. The SMILES string of the molecule is Cc1cn[nH]c(=O)[nH+]1. The van der Waals surface area contributed by atoms with Crippen LogP contribution in [-0.4, -0.2) is 10.2 Å². The summed E-state index contributed by atoms with van der Waals surface area (Å²) in [6.07, 6.45) is 1.54. The Balaban J connectivity index is 3.28. The molecule has 8 heavy (non-hydrogen) atoms. The van der Waals surface area contributed by atoms with E-state index in [1.807, 2.05) is 0 Å². The number of nitrogens with zero attached hydrogens (tertiary/aromatic N) is 1. The maximum atomic E-state index is 10.3. The molecule has 0 atom stereocenters. The second kappa shape index (κ2) is 1.73. The maximum Gasteiger partial charge on any atom is 0.514 e. The molecule has 4 nitrogen and oxygen atoms in total. The number of aromatic amines is 2. The third-order valence-electron chi connectivity index (χ3n) is 0.735. The van der Waals surface area contributed by atoms with Crippen LogP contribution < -0.4 is 10.7 Å². The third kappa shape index (κ3) is 0.900. The minimum Gasteiger partial charge on any atom is -0.205 e. The lowest BCUT2D eigenvalue weighted by molar-refractivity contribution is -0.413. The molecule has 0 aliphatic rings. The second-order valence-electron chi connectivity index (χ2n) is 1.51. The van der Waals surface area contributed by atoms with Gasteiger partial charge in [0, 0.05) is 0 Å². The van der Waals surface area contributed by atoms with E-state index in [1.165, 1.54) is 0 Å². The molecule has 0 bridgehead atoms. The number of hydrogen-bond acceptors (Lipinski definition) is 2. The van der Waals surface area contributed by atoms with Gasteiger partial charge < -0.3 is 0 Å². The fraction of sp³-hybridized carbons (Fsp3) is 0.250. The Bertz CT molecular complexity index is 229. The van der Waals surface area contributed by atoms with Gasteiger partial charge in [-0.05, 0) is 6.92 Å². The summed E-state index contributed by atoms with van der Waals surface area (Å²) in [4.78, 5) is 12.8. The molecule has 4 heteroatoms. The lowest BCUT2D eigenvalue weighted by Crippen LogP contribution is -2.32. The summed E-state index contributed by atoms with van der Waals surface area (Å²) in [5, 5.41) is 5.73. The third-order valence-corrected chi connectivity index (χ3v) is 0.735. The highest BCUT2D eigenvalue weighted by Gasteiger charge is 1.89. The van der Waals surface area contributed by atoms with Crippen molar-refractivity contribution >= 4 is 0 Å². The summed E-state index contributed by atoms with van der Waals surface area (Å²) in [5.74, 6) is 0. The van der Waals surface area contributed by atoms with Crippen LogP contribution in [-0.2, 0) is 0 Å². The predicted octanol–water partition coefficient (Wildman–Crippen LogP) is -1.11. The first kappa shape index (κ1) is 4.96. The van der Waals surface area contributed by atoms with Crippen LogP contribution in [0.5, 0.6) is 0 Å². The summed E-state index contributed by atoms with van der Waals surface area (Å²) in [6.45, 7) is 1.77. The molecule has 42 valence electrons. The van der Waals surface area contributed by atoms with E-state index in [0.717, 1.165) is 5.69 Å². The number of H-pyrrole nitrogens is 2. The van der Waals surface area contributed by atoms with Gasteiger partial charge in [0.05, 0.1) is 0 Å². The Morgan fingerprint density at radius 2 is 2.62 bits per heavy atom. The molecule has 1 heterocycles. The lowest BCUT2D eigenvalue weighted by Gasteiger charge is -1.75. The van der Waals surface area contributed by atoms with Crippen LogP contribution in [0.1, 0.15) is 5.69 Å². The molecule has 0 aliphatic carbocycles. The molecule has 2 N–H and O–H groups in total. The monoisotopic (exact) mass is 112 g/mol. The summed E-state index contributed by atoms with van der Waals surface area (Å²) in [5.41, 5.74) is 0.485. The molecule has 1 aromatic rings. The van der Waals surface area contributed by atoms with Crippen molar-refractivity contribution in [2.24, 2.45) is 0 Å².